The molecule has 0 spiro atoms. The molecule has 0 bridgehead atoms. The van der Waals surface area contributed by atoms with Crippen molar-refractivity contribution in [1.82, 2.24) is 19.7 Å². The van der Waals surface area contributed by atoms with Crippen LogP contribution in [0.2, 0.25) is 5.02 Å². The van der Waals surface area contributed by atoms with Crippen LogP contribution >= 0.6 is 11.6 Å². The monoisotopic (exact) mass is 306 g/mol. The van der Waals surface area contributed by atoms with Crippen molar-refractivity contribution in [3.05, 3.63) is 40.4 Å². The number of hydrogen-bond acceptors (Lipinski definition) is 2. The number of aryl methyl sites for hydroxylation is 2. The van der Waals surface area contributed by atoms with Crippen LogP contribution in [-0.2, 0) is 6.54 Å². The molecule has 1 aliphatic rings. The van der Waals surface area contributed by atoms with Crippen molar-refractivity contribution in [2.75, 3.05) is 6.54 Å². The number of hydrogen-bond donors (Lipinski definition) is 1. The average Bonchev–Trinajstić information content (AvgIpc) is 3.12. The molecule has 1 N–H and O–H groups in total. The van der Waals surface area contributed by atoms with Crippen LogP contribution < -0.4 is 0 Å². The van der Waals surface area contributed by atoms with Gasteiger partial charge < -0.3 is 9.88 Å². The summed E-state index contributed by atoms with van der Waals surface area (Å²) in [6.45, 7) is 5.58. The molecule has 21 heavy (non-hydrogen) atoms. The third-order valence-electron chi connectivity index (χ3n) is 4.00. The number of rotatable bonds is 3. The van der Waals surface area contributed by atoms with Crippen molar-refractivity contribution in [3.63, 3.8) is 0 Å². The number of carbonyl (C=O) groups is 1. The van der Waals surface area contributed by atoms with E-state index in [1.807, 2.05) is 23.4 Å². The van der Waals surface area contributed by atoms with Crippen molar-refractivity contribution < 1.29 is 4.79 Å². The minimum absolute atomic E-state index is 0.0194. The fourth-order valence-corrected chi connectivity index (χ4v) is 3.16. The second-order valence-electron chi connectivity index (χ2n) is 5.64. The topological polar surface area (TPSA) is 53.9 Å². The largest absolute Gasteiger partial charge is 0.356 e. The summed E-state index contributed by atoms with van der Waals surface area (Å²) in [5.74, 6) is 0.0194. The van der Waals surface area contributed by atoms with Gasteiger partial charge in [-0.1, -0.05) is 11.6 Å². The van der Waals surface area contributed by atoms with Crippen LogP contribution in [-0.4, -0.2) is 38.2 Å². The summed E-state index contributed by atoms with van der Waals surface area (Å²) >= 11 is 5.88. The van der Waals surface area contributed by atoms with E-state index in [0.717, 1.165) is 37.3 Å². The molecule has 0 aromatic carbocycles. The predicted octanol–water partition coefficient (Wildman–Crippen LogP) is 2.79. The van der Waals surface area contributed by atoms with E-state index in [2.05, 4.69) is 16.1 Å². The minimum atomic E-state index is 0.0194. The highest BCUT2D eigenvalue weighted by Gasteiger charge is 2.30. The molecule has 0 radical (unpaired) electrons. The van der Waals surface area contributed by atoms with E-state index in [1.165, 1.54) is 0 Å². The van der Waals surface area contributed by atoms with Crippen LogP contribution in [0.5, 0.6) is 0 Å². The molecular formula is C15H19ClN4O. The number of aromatic nitrogens is 3. The molecule has 6 heteroatoms. The number of likely N-dealkylation sites (tertiary alicyclic amines) is 1. The van der Waals surface area contributed by atoms with Crippen LogP contribution in [0.1, 0.15) is 34.7 Å². The Morgan fingerprint density at radius 1 is 1.48 bits per heavy atom. The normalized spacial score (nSPS) is 18.4. The summed E-state index contributed by atoms with van der Waals surface area (Å²) in [4.78, 5) is 17.4. The van der Waals surface area contributed by atoms with Gasteiger partial charge in [0.25, 0.3) is 5.91 Å². The van der Waals surface area contributed by atoms with Gasteiger partial charge in [-0.2, -0.15) is 5.10 Å². The second-order valence-corrected chi connectivity index (χ2v) is 6.07. The molecule has 1 aliphatic heterocycles. The Morgan fingerprint density at radius 2 is 2.29 bits per heavy atom. The molecule has 5 nitrogen and oxygen atoms in total. The van der Waals surface area contributed by atoms with Gasteiger partial charge in [0.05, 0.1) is 23.3 Å². The van der Waals surface area contributed by atoms with E-state index in [4.69, 9.17) is 11.6 Å². The number of carbonyl (C=O) groups excluding carboxylic acids is 1. The third kappa shape index (κ3) is 2.83. The zero-order valence-electron chi connectivity index (χ0n) is 12.3. The average molecular weight is 307 g/mol. The van der Waals surface area contributed by atoms with Crippen LogP contribution in [0.4, 0.5) is 0 Å². The molecule has 112 valence electrons. The van der Waals surface area contributed by atoms with Crippen molar-refractivity contribution in [2.24, 2.45) is 0 Å². The lowest BCUT2D eigenvalue weighted by molar-refractivity contribution is 0.0716. The first-order valence-corrected chi connectivity index (χ1v) is 7.58. The van der Waals surface area contributed by atoms with Gasteiger partial charge in [-0.05, 0) is 38.8 Å². The summed E-state index contributed by atoms with van der Waals surface area (Å²) < 4.78 is 1.99. The van der Waals surface area contributed by atoms with Gasteiger partial charge in [0.2, 0.25) is 0 Å². The van der Waals surface area contributed by atoms with Crippen LogP contribution in [0.15, 0.2) is 18.3 Å². The lowest BCUT2D eigenvalue weighted by atomic mass is 10.2. The van der Waals surface area contributed by atoms with Crippen LogP contribution in [0, 0.1) is 13.8 Å². The molecule has 1 atom stereocenters. The van der Waals surface area contributed by atoms with Gasteiger partial charge in [-0.15, -0.1) is 0 Å². The fraction of sp³-hybridized carbons (Fsp3) is 0.467. The Kier molecular flexibility index (Phi) is 3.76. The number of nitrogens with zero attached hydrogens (tertiary/aromatic N) is 3. The third-order valence-corrected chi connectivity index (χ3v) is 4.22. The van der Waals surface area contributed by atoms with E-state index >= 15 is 0 Å². The quantitative estimate of drug-likeness (QED) is 0.948. The maximum absolute atomic E-state index is 12.6. The number of aromatic amines is 1. The number of H-pyrrole nitrogens is 1. The van der Waals surface area contributed by atoms with E-state index in [1.54, 1.807) is 12.3 Å². The van der Waals surface area contributed by atoms with Crippen molar-refractivity contribution in [1.29, 1.82) is 0 Å². The van der Waals surface area contributed by atoms with Gasteiger partial charge in [0.1, 0.15) is 5.69 Å². The highest BCUT2D eigenvalue weighted by molar-refractivity contribution is 6.30. The molecule has 0 aliphatic carbocycles. The van der Waals surface area contributed by atoms with E-state index in [-0.39, 0.29) is 11.9 Å². The molecular weight excluding hydrogens is 288 g/mol. The molecule has 3 heterocycles. The van der Waals surface area contributed by atoms with Gasteiger partial charge in [0.15, 0.2) is 0 Å². The van der Waals surface area contributed by atoms with Gasteiger partial charge in [-0.3, -0.25) is 9.48 Å². The molecule has 1 fully saturated rings. The standard InChI is InChI=1S/C15H19ClN4O/c1-10-6-11(2)20(18-10)9-13-4-3-5-19(13)15(21)14-7-12(16)8-17-14/h6-8,13,17H,3-5,9H2,1-2H3/t13-/m0/s1. The maximum Gasteiger partial charge on any atom is 0.270 e. The lowest BCUT2D eigenvalue weighted by Crippen LogP contribution is -2.38. The van der Waals surface area contributed by atoms with Gasteiger partial charge >= 0.3 is 0 Å². The SMILES string of the molecule is Cc1cc(C)n(C[C@@H]2CCCN2C(=O)c2cc(Cl)c[nH]2)n1. The molecule has 3 rings (SSSR count). The van der Waals surface area contributed by atoms with Gasteiger partial charge in [0, 0.05) is 18.4 Å². The summed E-state index contributed by atoms with van der Waals surface area (Å²) in [7, 11) is 0. The fourth-order valence-electron chi connectivity index (χ4n) is 3.00. The number of nitrogens with one attached hydrogen (secondary N) is 1. The number of amides is 1. The first-order chi connectivity index (χ1) is 10.0. The van der Waals surface area contributed by atoms with E-state index < -0.39 is 0 Å². The molecule has 0 unspecified atom stereocenters. The predicted molar refractivity (Wildman–Crippen MR) is 81.6 cm³/mol. The Bertz CT molecular complexity index is 660. The molecule has 0 saturated carbocycles. The zero-order valence-corrected chi connectivity index (χ0v) is 13.0. The highest BCUT2D eigenvalue weighted by atomic mass is 35.5. The summed E-state index contributed by atoms with van der Waals surface area (Å²) in [6.07, 6.45) is 3.68. The highest BCUT2D eigenvalue weighted by Crippen LogP contribution is 2.22. The smallest absolute Gasteiger partial charge is 0.270 e. The summed E-state index contributed by atoms with van der Waals surface area (Å²) in [6, 6.07) is 3.94. The second kappa shape index (κ2) is 5.56. The lowest BCUT2D eigenvalue weighted by Gasteiger charge is -2.24. The summed E-state index contributed by atoms with van der Waals surface area (Å²) in [5.41, 5.74) is 2.70. The Labute approximate surface area is 128 Å². The number of halogens is 1. The maximum atomic E-state index is 12.6. The van der Waals surface area contributed by atoms with Crippen LogP contribution in [0.25, 0.3) is 0 Å². The zero-order chi connectivity index (χ0) is 15.0. The minimum Gasteiger partial charge on any atom is -0.356 e. The van der Waals surface area contributed by atoms with E-state index in [0.29, 0.717) is 10.7 Å². The first-order valence-electron chi connectivity index (χ1n) is 7.20. The molecule has 1 amide bonds. The van der Waals surface area contributed by atoms with E-state index in [9.17, 15) is 4.79 Å². The van der Waals surface area contributed by atoms with Crippen molar-refractivity contribution in [3.8, 4) is 0 Å². The first kappa shape index (κ1) is 14.2. The van der Waals surface area contributed by atoms with Gasteiger partial charge in [-0.25, -0.2) is 0 Å². The Morgan fingerprint density at radius 3 is 2.90 bits per heavy atom. The molecule has 2 aromatic rings. The Hall–Kier alpha value is -1.75. The molecule has 1 saturated heterocycles. The van der Waals surface area contributed by atoms with Crippen LogP contribution in [0.3, 0.4) is 0 Å². The molecule has 2 aromatic heterocycles. The summed E-state index contributed by atoms with van der Waals surface area (Å²) in [5, 5.41) is 5.06. The Balaban J connectivity index is 1.76. The van der Waals surface area contributed by atoms with Crippen molar-refractivity contribution in [2.45, 2.75) is 39.3 Å². The van der Waals surface area contributed by atoms with Crippen molar-refractivity contribution >= 4 is 17.5 Å².